The van der Waals surface area contributed by atoms with E-state index in [0.29, 0.717) is 0 Å². The van der Waals surface area contributed by atoms with Crippen LogP contribution in [0.3, 0.4) is 0 Å². The van der Waals surface area contributed by atoms with Crippen molar-refractivity contribution in [1.82, 2.24) is 0 Å². The van der Waals surface area contributed by atoms with E-state index in [-0.39, 0.29) is 0 Å². The van der Waals surface area contributed by atoms with E-state index in [4.69, 9.17) is 10.2 Å². The Bertz CT molecular complexity index is 211. The van der Waals surface area contributed by atoms with Gasteiger partial charge in [0.2, 0.25) is 0 Å². The van der Waals surface area contributed by atoms with Crippen LogP contribution >= 0.6 is 7.92 Å². The van der Waals surface area contributed by atoms with Crippen molar-refractivity contribution in [2.75, 3.05) is 6.66 Å². The summed E-state index contributed by atoms with van der Waals surface area (Å²) in [4.78, 5) is 0. The van der Waals surface area contributed by atoms with E-state index in [2.05, 4.69) is 0 Å². The van der Waals surface area contributed by atoms with Crippen molar-refractivity contribution < 1.29 is 10.2 Å². The van der Waals surface area contributed by atoms with Crippen LogP contribution in [0.2, 0.25) is 0 Å². The lowest BCUT2D eigenvalue weighted by atomic mass is 10.4. The van der Waals surface area contributed by atoms with Crippen LogP contribution in [0.1, 0.15) is 0 Å². The van der Waals surface area contributed by atoms with Crippen molar-refractivity contribution in [3.05, 3.63) is 30.3 Å². The molecule has 3 heteroatoms. The largest absolute Gasteiger partial charge is 0.364 e. The van der Waals surface area contributed by atoms with Crippen molar-refractivity contribution in [2.45, 2.75) is 6.03 Å². The second-order valence-corrected chi connectivity index (χ2v) is 4.49. The Morgan fingerprint density at radius 2 is 1.73 bits per heavy atom. The molecule has 0 aliphatic rings. The van der Waals surface area contributed by atoms with Crippen molar-refractivity contribution in [3.63, 3.8) is 0 Å². The van der Waals surface area contributed by atoms with E-state index < -0.39 is 14.0 Å². The van der Waals surface area contributed by atoms with Crippen molar-refractivity contribution >= 4 is 13.2 Å². The quantitative estimate of drug-likeness (QED) is 0.506. The average Bonchev–Trinajstić information content (AvgIpc) is 2.05. The van der Waals surface area contributed by atoms with Gasteiger partial charge < -0.3 is 10.2 Å². The maximum atomic E-state index is 8.86. The summed E-state index contributed by atoms with van der Waals surface area (Å²) in [7, 11) is -0.824. The first-order chi connectivity index (χ1) is 5.22. The van der Waals surface area contributed by atoms with Crippen LogP contribution in [0.25, 0.3) is 0 Å². The van der Waals surface area contributed by atoms with E-state index in [1.54, 1.807) is 0 Å². The molecule has 0 saturated heterocycles. The lowest BCUT2D eigenvalue weighted by Gasteiger charge is -2.13. The van der Waals surface area contributed by atoms with Crippen LogP contribution in [0.15, 0.2) is 30.3 Å². The predicted octanol–water partition coefficient (Wildman–Crippen LogP) is 0.692. The van der Waals surface area contributed by atoms with E-state index >= 15 is 0 Å². The van der Waals surface area contributed by atoms with Gasteiger partial charge in [-0.25, -0.2) is 0 Å². The molecule has 1 aromatic rings. The Hall–Kier alpha value is -0.430. The molecule has 0 heterocycles. The molecule has 0 amide bonds. The minimum Gasteiger partial charge on any atom is -0.364 e. The van der Waals surface area contributed by atoms with Gasteiger partial charge in [0, 0.05) is 0 Å². The number of rotatable bonds is 2. The van der Waals surface area contributed by atoms with Crippen LogP contribution in [0.5, 0.6) is 0 Å². The Labute approximate surface area is 67.2 Å². The molecular weight excluding hydrogens is 159 g/mol. The third kappa shape index (κ3) is 2.26. The first-order valence-electron chi connectivity index (χ1n) is 3.36. The van der Waals surface area contributed by atoms with Gasteiger partial charge in [0.15, 0.2) is 6.03 Å². The Morgan fingerprint density at radius 3 is 2.18 bits per heavy atom. The summed E-state index contributed by atoms with van der Waals surface area (Å²) in [5.74, 6) is 0. The average molecular weight is 170 g/mol. The molecule has 0 aromatic heterocycles. The van der Waals surface area contributed by atoms with E-state index in [1.165, 1.54) is 0 Å². The number of aliphatic hydroxyl groups is 2. The predicted molar refractivity (Wildman–Crippen MR) is 47.1 cm³/mol. The van der Waals surface area contributed by atoms with Gasteiger partial charge in [0.25, 0.3) is 0 Å². The molecule has 11 heavy (non-hydrogen) atoms. The van der Waals surface area contributed by atoms with Crippen LogP contribution < -0.4 is 5.30 Å². The highest BCUT2D eigenvalue weighted by Gasteiger charge is 2.10. The van der Waals surface area contributed by atoms with Crippen LogP contribution in [0, 0.1) is 0 Å². The van der Waals surface area contributed by atoms with E-state index in [0.717, 1.165) is 5.30 Å². The SMILES string of the molecule is CP(c1ccccc1)C(O)O. The molecule has 0 aliphatic heterocycles. The number of hydrogen-bond acceptors (Lipinski definition) is 2. The summed E-state index contributed by atoms with van der Waals surface area (Å²) < 4.78 is 0. The Balaban J connectivity index is 2.77. The zero-order valence-electron chi connectivity index (χ0n) is 6.31. The van der Waals surface area contributed by atoms with Gasteiger partial charge in [-0.2, -0.15) is 0 Å². The second-order valence-electron chi connectivity index (χ2n) is 2.29. The number of aliphatic hydroxyl groups excluding tert-OH is 1. The van der Waals surface area contributed by atoms with Crippen LogP contribution in [-0.4, -0.2) is 22.9 Å². The fourth-order valence-corrected chi connectivity index (χ4v) is 1.71. The monoisotopic (exact) mass is 170 g/mol. The van der Waals surface area contributed by atoms with Gasteiger partial charge >= 0.3 is 0 Å². The molecule has 2 N–H and O–H groups in total. The summed E-state index contributed by atoms with van der Waals surface area (Å²) in [6, 6.07) is 8.33. The fourth-order valence-electron chi connectivity index (χ4n) is 0.796. The molecule has 0 spiro atoms. The first kappa shape index (κ1) is 8.66. The molecule has 0 saturated carbocycles. The third-order valence-electron chi connectivity index (χ3n) is 1.51. The van der Waals surface area contributed by atoms with E-state index in [1.807, 2.05) is 37.0 Å². The summed E-state index contributed by atoms with van der Waals surface area (Å²) in [5.41, 5.74) is 0. The molecular formula is C8H11O2P. The highest BCUT2D eigenvalue weighted by Crippen LogP contribution is 2.32. The second kappa shape index (κ2) is 3.82. The van der Waals surface area contributed by atoms with Crippen molar-refractivity contribution in [2.24, 2.45) is 0 Å². The molecule has 1 atom stereocenters. The topological polar surface area (TPSA) is 40.5 Å². The molecule has 1 rings (SSSR count). The standard InChI is InChI=1S/C8H11O2P/c1-11(8(9)10)7-5-3-2-4-6-7/h2-6,8-10H,1H3. The van der Waals surface area contributed by atoms with Gasteiger partial charge in [-0.05, 0) is 19.9 Å². The molecule has 1 aromatic carbocycles. The maximum Gasteiger partial charge on any atom is 0.174 e. The lowest BCUT2D eigenvalue weighted by Crippen LogP contribution is -2.10. The highest BCUT2D eigenvalue weighted by atomic mass is 31.1. The van der Waals surface area contributed by atoms with Crippen molar-refractivity contribution in [1.29, 1.82) is 0 Å². The lowest BCUT2D eigenvalue weighted by molar-refractivity contribution is 0.0359. The minimum atomic E-state index is -1.20. The highest BCUT2D eigenvalue weighted by molar-refractivity contribution is 7.65. The molecule has 1 unspecified atom stereocenters. The molecule has 0 fully saturated rings. The van der Waals surface area contributed by atoms with Crippen LogP contribution in [-0.2, 0) is 0 Å². The van der Waals surface area contributed by atoms with Gasteiger partial charge in [-0.3, -0.25) is 0 Å². The molecule has 60 valence electrons. The third-order valence-corrected chi connectivity index (χ3v) is 3.32. The zero-order chi connectivity index (χ0) is 8.27. The Morgan fingerprint density at radius 1 is 1.18 bits per heavy atom. The number of hydrogen-bond donors (Lipinski definition) is 2. The summed E-state index contributed by atoms with van der Waals surface area (Å²) in [6.07, 6.45) is 0. The molecule has 0 radical (unpaired) electrons. The first-order valence-corrected chi connectivity index (χ1v) is 5.21. The molecule has 0 aliphatic carbocycles. The smallest absolute Gasteiger partial charge is 0.174 e. The zero-order valence-corrected chi connectivity index (χ0v) is 7.20. The fraction of sp³-hybridized carbons (Fsp3) is 0.250. The summed E-state index contributed by atoms with van der Waals surface area (Å²) in [5, 5.41) is 18.7. The maximum absolute atomic E-state index is 8.86. The van der Waals surface area contributed by atoms with Gasteiger partial charge in [0.05, 0.1) is 0 Å². The summed E-state index contributed by atoms with van der Waals surface area (Å²) in [6.45, 7) is 1.84. The molecule has 2 nitrogen and oxygen atoms in total. The van der Waals surface area contributed by atoms with Crippen molar-refractivity contribution in [3.8, 4) is 0 Å². The molecule has 0 bridgehead atoms. The summed E-state index contributed by atoms with van der Waals surface area (Å²) >= 11 is 0. The van der Waals surface area contributed by atoms with Gasteiger partial charge in [-0.1, -0.05) is 30.3 Å². The Kier molecular flexibility index (Phi) is 3.01. The minimum absolute atomic E-state index is 0.824. The van der Waals surface area contributed by atoms with Gasteiger partial charge in [0.1, 0.15) is 0 Å². The van der Waals surface area contributed by atoms with Gasteiger partial charge in [-0.15, -0.1) is 0 Å². The van der Waals surface area contributed by atoms with Crippen LogP contribution in [0.4, 0.5) is 0 Å². The van der Waals surface area contributed by atoms with E-state index in [9.17, 15) is 0 Å². The normalized spacial score (nSPS) is 13.5. The number of benzene rings is 1.